The van der Waals surface area contributed by atoms with Crippen LogP contribution in [0.3, 0.4) is 0 Å². The maximum Gasteiger partial charge on any atom is 0.326 e. The summed E-state index contributed by atoms with van der Waals surface area (Å²) in [5.41, 5.74) is 5.87. The van der Waals surface area contributed by atoms with Gasteiger partial charge in [0.25, 0.3) is 0 Å². The highest BCUT2D eigenvalue weighted by Gasteiger charge is 2.28. The van der Waals surface area contributed by atoms with Crippen LogP contribution in [0.4, 0.5) is 0 Å². The monoisotopic (exact) mass is 357 g/mol. The van der Waals surface area contributed by atoms with Gasteiger partial charge in [0, 0.05) is 0 Å². The maximum absolute atomic E-state index is 12.5. The third-order valence-electron chi connectivity index (χ3n) is 3.86. The van der Waals surface area contributed by atoms with E-state index in [-0.39, 0.29) is 17.7 Å². The Morgan fingerprint density at radius 2 is 1.44 bits per heavy atom. The predicted octanol–water partition coefficient (Wildman–Crippen LogP) is 1.65. The quantitative estimate of drug-likeness (QED) is 0.423. The van der Waals surface area contributed by atoms with E-state index in [0.29, 0.717) is 25.7 Å². The van der Waals surface area contributed by atoms with E-state index in [1.54, 1.807) is 0 Å². The van der Waals surface area contributed by atoms with E-state index >= 15 is 0 Å². The minimum absolute atomic E-state index is 0.163. The molecule has 25 heavy (non-hydrogen) atoms. The van der Waals surface area contributed by atoms with Crippen LogP contribution in [0.1, 0.15) is 66.7 Å². The molecule has 0 aromatic rings. The Kier molecular flexibility index (Phi) is 11.1. The first-order valence-electron chi connectivity index (χ1n) is 9.17. The zero-order valence-corrected chi connectivity index (χ0v) is 16.2. The van der Waals surface area contributed by atoms with E-state index in [2.05, 4.69) is 10.6 Å². The van der Waals surface area contributed by atoms with E-state index in [1.165, 1.54) is 0 Å². The molecule has 7 heteroatoms. The molecule has 0 spiro atoms. The van der Waals surface area contributed by atoms with E-state index < -0.39 is 30.0 Å². The van der Waals surface area contributed by atoms with Crippen molar-refractivity contribution >= 4 is 17.8 Å². The van der Waals surface area contributed by atoms with Crippen molar-refractivity contribution in [3.8, 4) is 0 Å². The second-order valence-corrected chi connectivity index (χ2v) is 7.47. The first-order chi connectivity index (χ1) is 11.6. The zero-order valence-electron chi connectivity index (χ0n) is 16.2. The summed E-state index contributed by atoms with van der Waals surface area (Å²) in [4.78, 5) is 36.1. The number of hydrogen-bond acceptors (Lipinski definition) is 4. The third-order valence-corrected chi connectivity index (χ3v) is 3.86. The fourth-order valence-electron chi connectivity index (χ4n) is 2.53. The molecular formula is C18H35N3O4. The maximum atomic E-state index is 12.5. The van der Waals surface area contributed by atoms with E-state index in [9.17, 15) is 19.5 Å². The number of hydrogen-bond donors (Lipinski definition) is 4. The number of carboxylic acid groups (broad SMARTS) is 1. The minimum Gasteiger partial charge on any atom is -0.480 e. The lowest BCUT2D eigenvalue weighted by Gasteiger charge is -2.24. The first kappa shape index (κ1) is 23.4. The largest absolute Gasteiger partial charge is 0.480 e. The molecule has 146 valence electrons. The van der Waals surface area contributed by atoms with Gasteiger partial charge in [0.2, 0.25) is 11.8 Å². The second kappa shape index (κ2) is 11.8. The molecule has 5 N–H and O–H groups in total. The topological polar surface area (TPSA) is 122 Å². The molecule has 0 saturated carbocycles. The molecule has 0 radical (unpaired) electrons. The second-order valence-electron chi connectivity index (χ2n) is 7.47. The Hall–Kier alpha value is -1.63. The van der Waals surface area contributed by atoms with E-state index in [0.717, 1.165) is 6.42 Å². The first-order valence-corrected chi connectivity index (χ1v) is 9.17. The molecule has 0 heterocycles. The number of aliphatic carboxylic acids is 1. The lowest BCUT2D eigenvalue weighted by Crippen LogP contribution is -2.54. The van der Waals surface area contributed by atoms with Gasteiger partial charge in [-0.25, -0.2) is 4.79 Å². The smallest absolute Gasteiger partial charge is 0.326 e. The van der Waals surface area contributed by atoms with Crippen LogP contribution >= 0.6 is 0 Å². The number of carboxylic acids is 1. The van der Waals surface area contributed by atoms with Crippen molar-refractivity contribution < 1.29 is 19.5 Å². The molecule has 0 aliphatic heterocycles. The average Bonchev–Trinajstić information content (AvgIpc) is 2.48. The van der Waals surface area contributed by atoms with Gasteiger partial charge in [-0.1, -0.05) is 47.5 Å². The Bertz CT molecular complexity index is 438. The van der Waals surface area contributed by atoms with Crippen molar-refractivity contribution in [1.82, 2.24) is 10.6 Å². The molecule has 0 aromatic carbocycles. The Labute approximate surface area is 151 Å². The molecule has 2 amide bonds. The van der Waals surface area contributed by atoms with Crippen LogP contribution in [0.25, 0.3) is 0 Å². The molecule has 0 fully saturated rings. The van der Waals surface area contributed by atoms with Crippen molar-refractivity contribution in [2.24, 2.45) is 17.6 Å². The lowest BCUT2D eigenvalue weighted by atomic mass is 10.00. The van der Waals surface area contributed by atoms with Crippen molar-refractivity contribution in [2.75, 3.05) is 0 Å². The molecule has 0 aromatic heterocycles. The van der Waals surface area contributed by atoms with Gasteiger partial charge in [0.15, 0.2) is 0 Å². The van der Waals surface area contributed by atoms with Gasteiger partial charge in [-0.2, -0.15) is 0 Å². The van der Waals surface area contributed by atoms with Crippen LogP contribution in [0.5, 0.6) is 0 Å². The van der Waals surface area contributed by atoms with Crippen LogP contribution in [-0.2, 0) is 14.4 Å². The number of rotatable bonds is 12. The van der Waals surface area contributed by atoms with Crippen LogP contribution in [0, 0.1) is 11.8 Å². The van der Waals surface area contributed by atoms with Crippen LogP contribution in [0.2, 0.25) is 0 Å². The van der Waals surface area contributed by atoms with Gasteiger partial charge in [-0.15, -0.1) is 0 Å². The summed E-state index contributed by atoms with van der Waals surface area (Å²) in [5, 5.41) is 14.5. The van der Waals surface area contributed by atoms with Gasteiger partial charge < -0.3 is 21.5 Å². The molecule has 0 rings (SSSR count). The summed E-state index contributed by atoms with van der Waals surface area (Å²) < 4.78 is 0. The predicted molar refractivity (Wildman–Crippen MR) is 97.9 cm³/mol. The van der Waals surface area contributed by atoms with Crippen molar-refractivity contribution in [3.63, 3.8) is 0 Å². The highest BCUT2D eigenvalue weighted by Crippen LogP contribution is 2.09. The number of nitrogens with two attached hydrogens (primary N) is 1. The normalized spacial score (nSPS) is 14.9. The Morgan fingerprint density at radius 1 is 0.920 bits per heavy atom. The summed E-state index contributed by atoms with van der Waals surface area (Å²) in [7, 11) is 0. The van der Waals surface area contributed by atoms with E-state index in [4.69, 9.17) is 5.73 Å². The fourth-order valence-corrected chi connectivity index (χ4v) is 2.53. The molecule has 0 aliphatic carbocycles. The zero-order chi connectivity index (χ0) is 19.6. The van der Waals surface area contributed by atoms with Gasteiger partial charge in [-0.3, -0.25) is 9.59 Å². The standard InChI is InChI=1S/C18H35N3O4/c1-6-7-8-14(18(24)25)20-17(23)15(10-12(4)5)21-16(22)13(19)9-11(2)3/h11-15H,6-10,19H2,1-5H3,(H,20,23)(H,21,22)(H,24,25)/t13-,14?,15?/m0/s1. The molecule has 0 saturated heterocycles. The number of carbonyl (C=O) groups is 3. The van der Waals surface area contributed by atoms with Crippen LogP contribution < -0.4 is 16.4 Å². The Morgan fingerprint density at radius 3 is 1.88 bits per heavy atom. The molecular weight excluding hydrogens is 322 g/mol. The van der Waals surface area contributed by atoms with Gasteiger partial charge >= 0.3 is 5.97 Å². The van der Waals surface area contributed by atoms with Crippen LogP contribution in [-0.4, -0.2) is 41.0 Å². The third kappa shape index (κ3) is 10.1. The van der Waals surface area contributed by atoms with Crippen molar-refractivity contribution in [2.45, 2.75) is 84.8 Å². The summed E-state index contributed by atoms with van der Waals surface area (Å²) >= 11 is 0. The fraction of sp³-hybridized carbons (Fsp3) is 0.833. The van der Waals surface area contributed by atoms with Crippen molar-refractivity contribution in [3.05, 3.63) is 0 Å². The molecule has 0 bridgehead atoms. The number of carbonyl (C=O) groups excluding carboxylic acids is 2. The highest BCUT2D eigenvalue weighted by molar-refractivity contribution is 5.91. The van der Waals surface area contributed by atoms with Crippen LogP contribution in [0.15, 0.2) is 0 Å². The summed E-state index contributed by atoms with van der Waals surface area (Å²) in [5.74, 6) is -1.48. The average molecular weight is 357 g/mol. The van der Waals surface area contributed by atoms with Gasteiger partial charge in [-0.05, 0) is 31.1 Å². The number of amides is 2. The molecule has 7 nitrogen and oxygen atoms in total. The number of nitrogens with one attached hydrogen (secondary N) is 2. The SMILES string of the molecule is CCCCC(NC(=O)C(CC(C)C)NC(=O)[C@@H](N)CC(C)C)C(=O)O. The molecule has 2 unspecified atom stereocenters. The Balaban J connectivity index is 4.96. The van der Waals surface area contributed by atoms with Gasteiger partial charge in [0.1, 0.15) is 12.1 Å². The number of unbranched alkanes of at least 4 members (excludes halogenated alkanes) is 1. The minimum atomic E-state index is -1.06. The lowest BCUT2D eigenvalue weighted by molar-refractivity contribution is -0.142. The van der Waals surface area contributed by atoms with Gasteiger partial charge in [0.05, 0.1) is 6.04 Å². The molecule has 3 atom stereocenters. The summed E-state index contributed by atoms with van der Waals surface area (Å²) in [6, 6.07) is -2.41. The molecule has 0 aliphatic rings. The summed E-state index contributed by atoms with van der Waals surface area (Å²) in [6.07, 6.45) is 2.86. The van der Waals surface area contributed by atoms with Crippen molar-refractivity contribution in [1.29, 1.82) is 0 Å². The summed E-state index contributed by atoms with van der Waals surface area (Å²) in [6.45, 7) is 9.77. The van der Waals surface area contributed by atoms with E-state index in [1.807, 2.05) is 34.6 Å². The highest BCUT2D eigenvalue weighted by atomic mass is 16.4.